The van der Waals surface area contributed by atoms with Crippen LogP contribution < -0.4 is 15.6 Å². The van der Waals surface area contributed by atoms with Gasteiger partial charge in [-0.3, -0.25) is 20.4 Å². The Kier molecular flexibility index (Phi) is 5.84. The average Bonchev–Trinajstić information content (AvgIpc) is 3.35. The summed E-state index contributed by atoms with van der Waals surface area (Å²) in [6.07, 6.45) is 2.99. The summed E-state index contributed by atoms with van der Waals surface area (Å²) in [4.78, 5) is 23.7. The molecule has 2 N–H and O–H groups in total. The van der Waals surface area contributed by atoms with Crippen molar-refractivity contribution in [1.29, 1.82) is 0 Å². The number of carbonyl (C=O) groups excluding carboxylic acids is 2. The SMILES string of the molecule is O=C(/C=C/c1ccsc1)NNC(=O)c1ccc(COc2ccccc2)o1. The third-order valence-electron chi connectivity index (χ3n) is 3.28. The number of para-hydroxylation sites is 1. The number of hydrazine groups is 1. The first-order valence-electron chi connectivity index (χ1n) is 7.78. The molecule has 3 rings (SSSR count). The summed E-state index contributed by atoms with van der Waals surface area (Å²) in [6, 6.07) is 14.3. The number of thiophene rings is 1. The monoisotopic (exact) mass is 368 g/mol. The fourth-order valence-corrected chi connectivity index (χ4v) is 2.64. The molecule has 2 aromatic heterocycles. The van der Waals surface area contributed by atoms with Crippen LogP contribution in [0, 0.1) is 0 Å². The van der Waals surface area contributed by atoms with Crippen LogP contribution in [0.25, 0.3) is 6.08 Å². The highest BCUT2D eigenvalue weighted by Crippen LogP contribution is 2.13. The number of carbonyl (C=O) groups is 2. The van der Waals surface area contributed by atoms with Crippen molar-refractivity contribution in [1.82, 2.24) is 10.9 Å². The van der Waals surface area contributed by atoms with Crippen molar-refractivity contribution in [2.24, 2.45) is 0 Å². The molecular formula is C19H16N2O4S. The smallest absolute Gasteiger partial charge is 0.305 e. The first-order valence-corrected chi connectivity index (χ1v) is 8.72. The standard InChI is InChI=1S/C19H16N2O4S/c22-18(9-6-14-10-11-26-13-14)20-21-19(23)17-8-7-16(25-17)12-24-15-4-2-1-3-5-15/h1-11,13H,12H2,(H,20,22)(H,21,23)/b9-6+. The Morgan fingerprint density at radius 3 is 2.69 bits per heavy atom. The summed E-state index contributed by atoms with van der Waals surface area (Å²) in [7, 11) is 0. The second-order valence-electron chi connectivity index (χ2n) is 5.20. The fourth-order valence-electron chi connectivity index (χ4n) is 2.01. The van der Waals surface area contributed by atoms with Crippen LogP contribution in [-0.2, 0) is 11.4 Å². The molecule has 2 amide bonds. The Morgan fingerprint density at radius 1 is 1.08 bits per heavy atom. The predicted octanol–water partition coefficient (Wildman–Crippen LogP) is 3.39. The maximum atomic E-state index is 12.0. The van der Waals surface area contributed by atoms with Crippen molar-refractivity contribution in [2.45, 2.75) is 6.61 Å². The zero-order chi connectivity index (χ0) is 18.2. The zero-order valence-electron chi connectivity index (χ0n) is 13.7. The van der Waals surface area contributed by atoms with Gasteiger partial charge < -0.3 is 9.15 Å². The van der Waals surface area contributed by atoms with Crippen LogP contribution in [0.3, 0.4) is 0 Å². The number of hydrogen-bond acceptors (Lipinski definition) is 5. The van der Waals surface area contributed by atoms with E-state index in [4.69, 9.17) is 9.15 Å². The molecule has 0 atom stereocenters. The predicted molar refractivity (Wildman–Crippen MR) is 98.4 cm³/mol. The minimum absolute atomic E-state index is 0.0822. The quantitative estimate of drug-likeness (QED) is 0.516. The van der Waals surface area contributed by atoms with Crippen molar-refractivity contribution in [3.8, 4) is 5.75 Å². The summed E-state index contributed by atoms with van der Waals surface area (Å²) in [6.45, 7) is 0.201. The van der Waals surface area contributed by atoms with Crippen molar-refractivity contribution in [3.63, 3.8) is 0 Å². The van der Waals surface area contributed by atoms with Gasteiger partial charge in [-0.25, -0.2) is 0 Å². The van der Waals surface area contributed by atoms with Gasteiger partial charge in [-0.1, -0.05) is 18.2 Å². The summed E-state index contributed by atoms with van der Waals surface area (Å²) in [5, 5.41) is 3.82. The summed E-state index contributed by atoms with van der Waals surface area (Å²) >= 11 is 1.54. The summed E-state index contributed by atoms with van der Waals surface area (Å²) in [5.74, 6) is 0.304. The van der Waals surface area contributed by atoms with Crippen molar-refractivity contribution in [2.75, 3.05) is 0 Å². The topological polar surface area (TPSA) is 80.6 Å². The van der Waals surface area contributed by atoms with E-state index in [9.17, 15) is 9.59 Å². The molecule has 2 heterocycles. The molecule has 0 aliphatic rings. The molecule has 0 unspecified atom stereocenters. The molecule has 0 radical (unpaired) electrons. The molecular weight excluding hydrogens is 352 g/mol. The Hall–Kier alpha value is -3.32. The van der Waals surface area contributed by atoms with E-state index in [1.54, 1.807) is 12.1 Å². The van der Waals surface area contributed by atoms with Gasteiger partial charge in [-0.2, -0.15) is 11.3 Å². The van der Waals surface area contributed by atoms with E-state index in [-0.39, 0.29) is 12.4 Å². The van der Waals surface area contributed by atoms with Gasteiger partial charge in [0.25, 0.3) is 5.91 Å². The summed E-state index contributed by atoms with van der Waals surface area (Å²) in [5.41, 5.74) is 5.51. The normalized spacial score (nSPS) is 10.6. The van der Waals surface area contributed by atoms with Gasteiger partial charge in [-0.15, -0.1) is 0 Å². The number of amides is 2. The number of ether oxygens (including phenoxy) is 1. The van der Waals surface area contributed by atoms with Gasteiger partial charge in [0.15, 0.2) is 5.76 Å². The molecule has 0 spiro atoms. The van der Waals surface area contributed by atoms with Crippen LogP contribution in [0.1, 0.15) is 21.9 Å². The van der Waals surface area contributed by atoms with Crippen LogP contribution in [0.4, 0.5) is 0 Å². The van der Waals surface area contributed by atoms with Crippen LogP contribution in [0.5, 0.6) is 5.75 Å². The Bertz CT molecular complexity index is 885. The Morgan fingerprint density at radius 2 is 1.92 bits per heavy atom. The van der Waals surface area contributed by atoms with Crippen molar-refractivity contribution >= 4 is 29.2 Å². The minimum Gasteiger partial charge on any atom is -0.486 e. The number of rotatable bonds is 6. The largest absolute Gasteiger partial charge is 0.486 e. The first kappa shape index (κ1) is 17.5. The van der Waals surface area contributed by atoms with Gasteiger partial charge in [-0.05, 0) is 52.7 Å². The van der Waals surface area contributed by atoms with E-state index >= 15 is 0 Å². The molecule has 6 nitrogen and oxygen atoms in total. The van der Waals surface area contributed by atoms with E-state index in [0.717, 1.165) is 5.56 Å². The van der Waals surface area contributed by atoms with E-state index in [1.165, 1.54) is 23.5 Å². The Balaban J connectivity index is 1.46. The van der Waals surface area contributed by atoms with Gasteiger partial charge in [0.05, 0.1) is 0 Å². The third-order valence-corrected chi connectivity index (χ3v) is 3.98. The molecule has 132 valence electrons. The van der Waals surface area contributed by atoms with Gasteiger partial charge >= 0.3 is 5.91 Å². The highest BCUT2D eigenvalue weighted by Gasteiger charge is 2.12. The van der Waals surface area contributed by atoms with Crippen LogP contribution in [-0.4, -0.2) is 11.8 Å². The maximum Gasteiger partial charge on any atom is 0.305 e. The average molecular weight is 368 g/mol. The molecule has 7 heteroatoms. The van der Waals surface area contributed by atoms with Gasteiger partial charge in [0, 0.05) is 6.08 Å². The molecule has 0 aliphatic carbocycles. The lowest BCUT2D eigenvalue weighted by atomic mass is 10.3. The molecule has 26 heavy (non-hydrogen) atoms. The van der Waals surface area contributed by atoms with Gasteiger partial charge in [0.2, 0.25) is 0 Å². The molecule has 0 aliphatic heterocycles. The van der Waals surface area contributed by atoms with E-state index in [1.807, 2.05) is 47.2 Å². The molecule has 0 bridgehead atoms. The van der Waals surface area contributed by atoms with Crippen molar-refractivity contribution < 1.29 is 18.7 Å². The highest BCUT2D eigenvalue weighted by molar-refractivity contribution is 7.08. The van der Waals surface area contributed by atoms with E-state index in [0.29, 0.717) is 11.5 Å². The highest BCUT2D eigenvalue weighted by atomic mass is 32.1. The lowest BCUT2D eigenvalue weighted by Gasteiger charge is -2.04. The third kappa shape index (κ3) is 5.09. The van der Waals surface area contributed by atoms with Crippen LogP contribution in [0.2, 0.25) is 0 Å². The molecule has 3 aromatic rings. The zero-order valence-corrected chi connectivity index (χ0v) is 14.5. The Labute approximate surface area is 154 Å². The minimum atomic E-state index is -0.548. The number of nitrogens with one attached hydrogen (secondary N) is 2. The van der Waals surface area contributed by atoms with E-state index in [2.05, 4.69) is 10.9 Å². The van der Waals surface area contributed by atoms with Crippen LogP contribution >= 0.6 is 11.3 Å². The number of benzene rings is 1. The van der Waals surface area contributed by atoms with Gasteiger partial charge in [0.1, 0.15) is 18.1 Å². The molecule has 0 saturated carbocycles. The second-order valence-corrected chi connectivity index (χ2v) is 5.98. The lowest BCUT2D eigenvalue weighted by molar-refractivity contribution is -0.117. The maximum absolute atomic E-state index is 12.0. The number of hydrogen-bond donors (Lipinski definition) is 2. The van der Waals surface area contributed by atoms with Crippen molar-refractivity contribution in [3.05, 3.63) is 82.5 Å². The first-order chi connectivity index (χ1) is 12.7. The number of furan rings is 1. The molecule has 0 fully saturated rings. The van der Waals surface area contributed by atoms with E-state index < -0.39 is 11.8 Å². The summed E-state index contributed by atoms with van der Waals surface area (Å²) < 4.78 is 11.0. The molecule has 0 saturated heterocycles. The second kappa shape index (κ2) is 8.68. The van der Waals surface area contributed by atoms with Crippen LogP contribution in [0.15, 0.2) is 69.8 Å². The fraction of sp³-hybridized carbons (Fsp3) is 0.0526. The molecule has 1 aromatic carbocycles. The lowest BCUT2D eigenvalue weighted by Crippen LogP contribution is -2.40.